The Hall–Kier alpha value is -2.94. The van der Waals surface area contributed by atoms with Crippen molar-refractivity contribution in [2.24, 2.45) is 0 Å². The number of urea groups is 1. The summed E-state index contributed by atoms with van der Waals surface area (Å²) in [4.78, 5) is 29.3. The van der Waals surface area contributed by atoms with Gasteiger partial charge in [-0.15, -0.1) is 0 Å². The lowest BCUT2D eigenvalue weighted by Gasteiger charge is -2.22. The molecule has 1 aromatic carbocycles. The standard InChI is InChI=1S/C17H20N4O5/c1-10-19-15(26-20-10)14-7-13(25-2)9-21(14)17(24)18-8-11-3-5-12(6-4-11)16(22)23/h3-6,13-14H,7-9H2,1-2H3,(H,18,24)(H,22,23)/t13-,14+/m0/s1. The number of amides is 2. The molecule has 9 nitrogen and oxygen atoms in total. The van der Waals surface area contributed by atoms with Crippen molar-refractivity contribution in [3.05, 3.63) is 47.1 Å². The molecule has 0 unspecified atom stereocenters. The van der Waals surface area contributed by atoms with E-state index in [0.717, 1.165) is 5.56 Å². The van der Waals surface area contributed by atoms with Gasteiger partial charge in [0.1, 0.15) is 6.04 Å². The molecule has 2 aromatic rings. The number of nitrogens with one attached hydrogen (secondary N) is 1. The van der Waals surface area contributed by atoms with Crippen molar-refractivity contribution in [3.63, 3.8) is 0 Å². The summed E-state index contributed by atoms with van der Waals surface area (Å²) >= 11 is 0. The Bertz CT molecular complexity index is 789. The minimum Gasteiger partial charge on any atom is -0.478 e. The van der Waals surface area contributed by atoms with E-state index in [2.05, 4.69) is 15.5 Å². The number of carbonyl (C=O) groups excluding carboxylic acids is 1. The molecule has 1 saturated heterocycles. The second kappa shape index (κ2) is 7.52. The third-order valence-corrected chi connectivity index (χ3v) is 4.33. The maximum Gasteiger partial charge on any atom is 0.335 e. The maximum absolute atomic E-state index is 12.6. The summed E-state index contributed by atoms with van der Waals surface area (Å²) in [6.45, 7) is 2.43. The number of hydrogen-bond acceptors (Lipinski definition) is 6. The molecule has 3 rings (SSSR count). The number of aromatic carboxylic acids is 1. The van der Waals surface area contributed by atoms with Crippen LogP contribution in [-0.2, 0) is 11.3 Å². The largest absolute Gasteiger partial charge is 0.478 e. The van der Waals surface area contributed by atoms with Gasteiger partial charge in [-0.3, -0.25) is 0 Å². The fraction of sp³-hybridized carbons (Fsp3) is 0.412. The number of hydrogen-bond donors (Lipinski definition) is 2. The van der Waals surface area contributed by atoms with Gasteiger partial charge in [0.05, 0.1) is 11.7 Å². The van der Waals surface area contributed by atoms with Crippen molar-refractivity contribution in [1.29, 1.82) is 0 Å². The van der Waals surface area contributed by atoms with Crippen LogP contribution >= 0.6 is 0 Å². The van der Waals surface area contributed by atoms with E-state index >= 15 is 0 Å². The van der Waals surface area contributed by atoms with E-state index in [1.165, 1.54) is 12.1 Å². The number of aromatic nitrogens is 2. The number of methoxy groups -OCH3 is 1. The molecule has 1 fully saturated rings. The van der Waals surface area contributed by atoms with E-state index in [-0.39, 0.29) is 30.3 Å². The molecule has 0 spiro atoms. The molecular formula is C17H20N4O5. The molecular weight excluding hydrogens is 340 g/mol. The van der Waals surface area contributed by atoms with Gasteiger partial charge in [0.25, 0.3) is 0 Å². The van der Waals surface area contributed by atoms with Gasteiger partial charge < -0.3 is 24.6 Å². The summed E-state index contributed by atoms with van der Waals surface area (Å²) in [6, 6.07) is 5.74. The summed E-state index contributed by atoms with van der Waals surface area (Å²) < 4.78 is 10.6. The van der Waals surface area contributed by atoms with Gasteiger partial charge in [-0.25, -0.2) is 9.59 Å². The zero-order valence-electron chi connectivity index (χ0n) is 14.5. The fourth-order valence-electron chi connectivity index (χ4n) is 2.92. The predicted octanol–water partition coefficient (Wildman–Crippen LogP) is 1.75. The van der Waals surface area contributed by atoms with Crippen LogP contribution in [0.4, 0.5) is 4.79 Å². The van der Waals surface area contributed by atoms with Crippen molar-refractivity contribution < 1.29 is 24.0 Å². The SMILES string of the molecule is CO[C@H]1C[C@H](c2nc(C)no2)N(C(=O)NCc2ccc(C(=O)O)cc2)C1. The summed E-state index contributed by atoms with van der Waals surface area (Å²) in [6.07, 6.45) is 0.478. The van der Waals surface area contributed by atoms with Crippen LogP contribution in [0, 0.1) is 6.92 Å². The number of aryl methyl sites for hydroxylation is 1. The number of carboxylic acid groups (broad SMARTS) is 1. The van der Waals surface area contributed by atoms with Gasteiger partial charge in [-0.1, -0.05) is 17.3 Å². The highest BCUT2D eigenvalue weighted by atomic mass is 16.5. The van der Waals surface area contributed by atoms with Crippen molar-refractivity contribution in [3.8, 4) is 0 Å². The highest BCUT2D eigenvalue weighted by molar-refractivity contribution is 5.87. The van der Waals surface area contributed by atoms with Crippen LogP contribution in [0.3, 0.4) is 0 Å². The van der Waals surface area contributed by atoms with Crippen LogP contribution in [0.15, 0.2) is 28.8 Å². The molecule has 1 aliphatic rings. The lowest BCUT2D eigenvalue weighted by Crippen LogP contribution is -2.40. The number of likely N-dealkylation sites (tertiary alicyclic amines) is 1. The Morgan fingerprint density at radius 2 is 2.12 bits per heavy atom. The molecule has 1 aliphatic heterocycles. The molecule has 0 saturated carbocycles. The average molecular weight is 360 g/mol. The first-order valence-corrected chi connectivity index (χ1v) is 8.17. The monoisotopic (exact) mass is 360 g/mol. The average Bonchev–Trinajstić information content (AvgIpc) is 3.26. The highest BCUT2D eigenvalue weighted by Gasteiger charge is 2.39. The van der Waals surface area contributed by atoms with E-state index in [0.29, 0.717) is 24.7 Å². The van der Waals surface area contributed by atoms with Crippen molar-refractivity contribution in [2.75, 3.05) is 13.7 Å². The third kappa shape index (κ3) is 3.83. The Morgan fingerprint density at radius 3 is 2.69 bits per heavy atom. The number of carboxylic acids is 1. The topological polar surface area (TPSA) is 118 Å². The maximum atomic E-state index is 12.6. The van der Waals surface area contributed by atoms with Crippen molar-refractivity contribution >= 4 is 12.0 Å². The Morgan fingerprint density at radius 1 is 1.38 bits per heavy atom. The first-order valence-electron chi connectivity index (χ1n) is 8.17. The highest BCUT2D eigenvalue weighted by Crippen LogP contribution is 2.32. The van der Waals surface area contributed by atoms with Gasteiger partial charge in [-0.2, -0.15) is 4.98 Å². The molecule has 0 bridgehead atoms. The zero-order valence-corrected chi connectivity index (χ0v) is 14.5. The minimum absolute atomic E-state index is 0.104. The van der Waals surface area contributed by atoms with E-state index in [1.54, 1.807) is 31.1 Å². The second-order valence-corrected chi connectivity index (χ2v) is 6.10. The molecule has 138 valence electrons. The van der Waals surface area contributed by atoms with Crippen LogP contribution in [0.2, 0.25) is 0 Å². The van der Waals surface area contributed by atoms with Crippen LogP contribution in [0.25, 0.3) is 0 Å². The number of carbonyl (C=O) groups is 2. The minimum atomic E-state index is -0.985. The molecule has 2 atom stereocenters. The number of rotatable bonds is 5. The lowest BCUT2D eigenvalue weighted by atomic mass is 10.1. The van der Waals surface area contributed by atoms with Crippen LogP contribution in [0.1, 0.15) is 40.1 Å². The second-order valence-electron chi connectivity index (χ2n) is 6.10. The molecule has 2 N–H and O–H groups in total. The van der Waals surface area contributed by atoms with Gasteiger partial charge >= 0.3 is 12.0 Å². The summed E-state index contributed by atoms with van der Waals surface area (Å²) in [5.74, 6) is -0.0799. The van der Waals surface area contributed by atoms with E-state index in [9.17, 15) is 9.59 Å². The van der Waals surface area contributed by atoms with Gasteiger partial charge in [0, 0.05) is 26.6 Å². The van der Waals surface area contributed by atoms with E-state index in [4.69, 9.17) is 14.4 Å². The normalized spacial score (nSPS) is 19.5. The first-order chi connectivity index (χ1) is 12.5. The molecule has 0 aliphatic carbocycles. The van der Waals surface area contributed by atoms with Gasteiger partial charge in [-0.05, 0) is 24.6 Å². The van der Waals surface area contributed by atoms with E-state index in [1.807, 2.05) is 0 Å². The molecule has 9 heteroatoms. The molecule has 2 amide bonds. The van der Waals surface area contributed by atoms with Crippen LogP contribution in [0.5, 0.6) is 0 Å². The summed E-state index contributed by atoms with van der Waals surface area (Å²) in [5.41, 5.74) is 1.01. The van der Waals surface area contributed by atoms with Crippen LogP contribution in [-0.4, -0.2) is 51.9 Å². The first kappa shape index (κ1) is 17.9. The zero-order chi connectivity index (χ0) is 18.7. The summed E-state index contributed by atoms with van der Waals surface area (Å²) in [7, 11) is 1.60. The molecule has 26 heavy (non-hydrogen) atoms. The third-order valence-electron chi connectivity index (χ3n) is 4.33. The van der Waals surface area contributed by atoms with Gasteiger partial charge in [0.15, 0.2) is 5.82 Å². The number of ether oxygens (including phenoxy) is 1. The predicted molar refractivity (Wildman–Crippen MR) is 89.5 cm³/mol. The van der Waals surface area contributed by atoms with Crippen LogP contribution < -0.4 is 5.32 Å². The smallest absolute Gasteiger partial charge is 0.335 e. The fourth-order valence-corrected chi connectivity index (χ4v) is 2.92. The Balaban J connectivity index is 1.66. The van der Waals surface area contributed by atoms with Crippen molar-refractivity contribution in [2.45, 2.75) is 32.0 Å². The van der Waals surface area contributed by atoms with E-state index < -0.39 is 5.97 Å². The Labute approximate surface area is 149 Å². The number of nitrogens with zero attached hydrogens (tertiary/aromatic N) is 3. The summed E-state index contributed by atoms with van der Waals surface area (Å²) in [5, 5.41) is 15.5. The number of benzene rings is 1. The quantitative estimate of drug-likeness (QED) is 0.834. The molecule has 2 heterocycles. The lowest BCUT2D eigenvalue weighted by molar-refractivity contribution is 0.0697. The Kier molecular flexibility index (Phi) is 5.17. The van der Waals surface area contributed by atoms with Crippen molar-refractivity contribution in [1.82, 2.24) is 20.4 Å². The van der Waals surface area contributed by atoms with Gasteiger partial charge in [0.2, 0.25) is 5.89 Å². The molecule has 0 radical (unpaired) electrons. The molecule has 1 aromatic heterocycles.